The summed E-state index contributed by atoms with van der Waals surface area (Å²) in [4.78, 5) is 27.9. The van der Waals surface area contributed by atoms with Gasteiger partial charge in [-0.25, -0.2) is 4.98 Å². The minimum atomic E-state index is -0.309. The Bertz CT molecular complexity index is 715. The minimum absolute atomic E-state index is 0.0887. The van der Waals surface area contributed by atoms with Crippen LogP contribution in [-0.2, 0) is 11.3 Å². The van der Waals surface area contributed by atoms with E-state index in [9.17, 15) is 9.59 Å². The summed E-state index contributed by atoms with van der Waals surface area (Å²) in [6.45, 7) is 1.66. The molecule has 0 aliphatic carbocycles. The molecule has 0 saturated heterocycles. The number of aryl methyl sites for hydroxylation is 1. The van der Waals surface area contributed by atoms with E-state index in [1.54, 1.807) is 31.2 Å². The van der Waals surface area contributed by atoms with Crippen LogP contribution in [0.3, 0.4) is 0 Å². The van der Waals surface area contributed by atoms with Crippen molar-refractivity contribution in [3.05, 3.63) is 55.2 Å². The zero-order valence-electron chi connectivity index (χ0n) is 10.6. The van der Waals surface area contributed by atoms with Crippen LogP contribution in [0, 0.1) is 10.5 Å². The van der Waals surface area contributed by atoms with E-state index in [1.807, 2.05) is 22.6 Å². The summed E-state index contributed by atoms with van der Waals surface area (Å²) in [5.41, 5.74) is 1.02. The molecule has 1 amide bonds. The molecule has 20 heavy (non-hydrogen) atoms. The van der Waals surface area contributed by atoms with E-state index in [2.05, 4.69) is 10.3 Å². The zero-order chi connectivity index (χ0) is 14.7. The van der Waals surface area contributed by atoms with Crippen molar-refractivity contribution in [2.45, 2.75) is 13.5 Å². The number of benzene rings is 1. The maximum absolute atomic E-state index is 11.9. The first-order chi connectivity index (χ1) is 9.47. The fourth-order valence-corrected chi connectivity index (χ4v) is 2.22. The zero-order valence-corrected chi connectivity index (χ0v) is 13.5. The lowest BCUT2D eigenvalue weighted by atomic mass is 10.3. The number of rotatable bonds is 3. The van der Waals surface area contributed by atoms with Crippen LogP contribution in [0.25, 0.3) is 0 Å². The number of anilines is 1. The molecule has 1 aromatic heterocycles. The Morgan fingerprint density at radius 2 is 2.25 bits per heavy atom. The number of amides is 1. The van der Waals surface area contributed by atoms with Crippen molar-refractivity contribution in [2.75, 3.05) is 5.32 Å². The second-order valence-electron chi connectivity index (χ2n) is 4.14. The maximum atomic E-state index is 11.9. The van der Waals surface area contributed by atoms with E-state index < -0.39 is 0 Å². The van der Waals surface area contributed by atoms with E-state index in [4.69, 9.17) is 11.6 Å². The molecule has 0 atom stereocenters. The van der Waals surface area contributed by atoms with Crippen molar-refractivity contribution in [2.24, 2.45) is 0 Å². The second-order valence-corrected chi connectivity index (χ2v) is 5.65. The number of hydrogen-bond acceptors (Lipinski definition) is 3. The molecule has 0 saturated carbocycles. The van der Waals surface area contributed by atoms with Crippen LogP contribution in [0.15, 0.2) is 35.4 Å². The Morgan fingerprint density at radius 1 is 1.50 bits per heavy atom. The molecule has 0 spiro atoms. The molecule has 0 bridgehead atoms. The molecule has 7 heteroatoms. The van der Waals surface area contributed by atoms with Gasteiger partial charge in [0.15, 0.2) is 0 Å². The number of aromatic nitrogens is 2. The average molecular weight is 404 g/mol. The summed E-state index contributed by atoms with van der Waals surface area (Å²) in [6, 6.07) is 6.82. The highest BCUT2D eigenvalue weighted by Gasteiger charge is 2.09. The molecule has 0 aliphatic rings. The standard InChI is InChI=1S/C13H11ClIN3O2/c1-8-12(15)13(20)18(7-16-8)6-11(19)17-10-4-2-3-9(14)5-10/h2-5,7H,6H2,1H3,(H,17,19). The van der Waals surface area contributed by atoms with Gasteiger partial charge in [-0.15, -0.1) is 0 Å². The molecule has 1 N–H and O–H groups in total. The number of carbonyl (C=O) groups is 1. The smallest absolute Gasteiger partial charge is 0.267 e. The van der Waals surface area contributed by atoms with E-state index in [1.165, 1.54) is 10.9 Å². The predicted molar refractivity (Wildman–Crippen MR) is 86.0 cm³/mol. The molecule has 0 unspecified atom stereocenters. The quantitative estimate of drug-likeness (QED) is 0.801. The number of nitrogens with zero attached hydrogens (tertiary/aromatic N) is 2. The van der Waals surface area contributed by atoms with Gasteiger partial charge in [0.2, 0.25) is 5.91 Å². The molecular weight excluding hydrogens is 393 g/mol. The monoisotopic (exact) mass is 403 g/mol. The van der Waals surface area contributed by atoms with E-state index in [-0.39, 0.29) is 18.0 Å². The highest BCUT2D eigenvalue weighted by atomic mass is 127. The Kier molecular flexibility index (Phi) is 4.77. The lowest BCUT2D eigenvalue weighted by Crippen LogP contribution is -2.29. The van der Waals surface area contributed by atoms with Crippen molar-refractivity contribution in [3.8, 4) is 0 Å². The molecule has 0 aliphatic heterocycles. The summed E-state index contributed by atoms with van der Waals surface area (Å²) < 4.78 is 1.79. The fourth-order valence-electron chi connectivity index (χ4n) is 1.58. The molecule has 0 fully saturated rings. The van der Waals surface area contributed by atoms with Crippen molar-refractivity contribution in [3.63, 3.8) is 0 Å². The van der Waals surface area contributed by atoms with Gasteiger partial charge in [-0.3, -0.25) is 14.2 Å². The largest absolute Gasteiger partial charge is 0.324 e. The normalized spacial score (nSPS) is 10.3. The van der Waals surface area contributed by atoms with E-state index >= 15 is 0 Å². The van der Waals surface area contributed by atoms with Crippen molar-refractivity contribution in [1.82, 2.24) is 9.55 Å². The summed E-state index contributed by atoms with van der Waals surface area (Å²) in [5.74, 6) is -0.309. The maximum Gasteiger partial charge on any atom is 0.267 e. The lowest BCUT2D eigenvalue weighted by Gasteiger charge is -2.08. The van der Waals surface area contributed by atoms with Gasteiger partial charge >= 0.3 is 0 Å². The van der Waals surface area contributed by atoms with Crippen LogP contribution >= 0.6 is 34.2 Å². The summed E-state index contributed by atoms with van der Waals surface area (Å²) >= 11 is 7.76. The van der Waals surface area contributed by atoms with Crippen LogP contribution in [0.2, 0.25) is 5.02 Å². The van der Waals surface area contributed by atoms with Gasteiger partial charge in [0.25, 0.3) is 5.56 Å². The lowest BCUT2D eigenvalue weighted by molar-refractivity contribution is -0.116. The third kappa shape index (κ3) is 3.57. The first-order valence-electron chi connectivity index (χ1n) is 5.74. The molecule has 5 nitrogen and oxygen atoms in total. The Hall–Kier alpha value is -1.41. The Balaban J connectivity index is 2.13. The highest BCUT2D eigenvalue weighted by Crippen LogP contribution is 2.14. The molecule has 0 radical (unpaired) electrons. The number of hydrogen-bond donors (Lipinski definition) is 1. The van der Waals surface area contributed by atoms with E-state index in [0.29, 0.717) is 20.0 Å². The van der Waals surface area contributed by atoms with Crippen molar-refractivity contribution in [1.29, 1.82) is 0 Å². The van der Waals surface area contributed by atoms with Gasteiger partial charge in [-0.2, -0.15) is 0 Å². The van der Waals surface area contributed by atoms with Crippen LogP contribution < -0.4 is 10.9 Å². The molecule has 104 valence electrons. The van der Waals surface area contributed by atoms with Gasteiger partial charge in [-0.1, -0.05) is 17.7 Å². The SMILES string of the molecule is Cc1ncn(CC(=O)Nc2cccc(Cl)c2)c(=O)c1I. The van der Waals surface area contributed by atoms with Crippen LogP contribution in [0.4, 0.5) is 5.69 Å². The molecule has 2 aromatic rings. The molecular formula is C13H11ClIN3O2. The third-order valence-electron chi connectivity index (χ3n) is 2.58. The topological polar surface area (TPSA) is 64.0 Å². The van der Waals surface area contributed by atoms with Crippen LogP contribution in [0.1, 0.15) is 5.69 Å². The first kappa shape index (κ1) is 15.0. The average Bonchev–Trinajstić information content (AvgIpc) is 2.39. The van der Waals surface area contributed by atoms with Gasteiger partial charge in [-0.05, 0) is 47.7 Å². The summed E-state index contributed by atoms with van der Waals surface area (Å²) in [6.07, 6.45) is 1.37. The Labute approximate surface area is 134 Å². The molecule has 1 aromatic carbocycles. The van der Waals surface area contributed by atoms with E-state index in [0.717, 1.165) is 0 Å². The second kappa shape index (κ2) is 6.36. The van der Waals surface area contributed by atoms with Crippen molar-refractivity contribution < 1.29 is 4.79 Å². The predicted octanol–water partition coefficient (Wildman–Crippen LogP) is 2.45. The van der Waals surface area contributed by atoms with Crippen LogP contribution in [-0.4, -0.2) is 15.5 Å². The van der Waals surface area contributed by atoms with Gasteiger partial charge in [0, 0.05) is 10.7 Å². The number of nitrogens with one attached hydrogen (secondary N) is 1. The summed E-state index contributed by atoms with van der Waals surface area (Å²) in [5, 5.41) is 3.21. The van der Waals surface area contributed by atoms with Gasteiger partial charge in [0.05, 0.1) is 15.6 Å². The number of halogens is 2. The molecule has 2 rings (SSSR count). The minimum Gasteiger partial charge on any atom is -0.324 e. The number of carbonyl (C=O) groups excluding carboxylic acids is 1. The fraction of sp³-hybridized carbons (Fsp3) is 0.154. The first-order valence-corrected chi connectivity index (χ1v) is 7.20. The molecule has 1 heterocycles. The third-order valence-corrected chi connectivity index (χ3v) is 4.06. The van der Waals surface area contributed by atoms with Gasteiger partial charge < -0.3 is 5.32 Å². The summed E-state index contributed by atoms with van der Waals surface area (Å²) in [7, 11) is 0. The highest BCUT2D eigenvalue weighted by molar-refractivity contribution is 14.1. The Morgan fingerprint density at radius 3 is 2.95 bits per heavy atom. The van der Waals surface area contributed by atoms with Crippen molar-refractivity contribution >= 4 is 45.8 Å². The van der Waals surface area contributed by atoms with Crippen LogP contribution in [0.5, 0.6) is 0 Å². The van der Waals surface area contributed by atoms with Gasteiger partial charge in [0.1, 0.15) is 6.54 Å².